The Kier molecular flexibility index (Phi) is 5.31. The van der Waals surface area contributed by atoms with Gasteiger partial charge >= 0.3 is 6.09 Å². The molecule has 0 saturated carbocycles. The van der Waals surface area contributed by atoms with Crippen molar-refractivity contribution in [1.29, 1.82) is 0 Å². The zero-order valence-corrected chi connectivity index (χ0v) is 15.2. The number of carbonyl (C=O) groups is 2. The maximum Gasteiger partial charge on any atom is 0.410 e. The van der Waals surface area contributed by atoms with Crippen molar-refractivity contribution in [2.24, 2.45) is 0 Å². The van der Waals surface area contributed by atoms with E-state index >= 15 is 0 Å². The van der Waals surface area contributed by atoms with Crippen molar-refractivity contribution in [3.63, 3.8) is 0 Å². The van der Waals surface area contributed by atoms with Crippen molar-refractivity contribution in [3.8, 4) is 0 Å². The molecule has 5 nitrogen and oxygen atoms in total. The Morgan fingerprint density at radius 2 is 2.09 bits per heavy atom. The van der Waals surface area contributed by atoms with Crippen molar-refractivity contribution in [2.45, 2.75) is 45.3 Å². The molecule has 22 heavy (non-hydrogen) atoms. The van der Waals surface area contributed by atoms with Crippen LogP contribution in [0.5, 0.6) is 0 Å². The van der Waals surface area contributed by atoms with Gasteiger partial charge in [-0.15, -0.1) is 0 Å². The van der Waals surface area contributed by atoms with Gasteiger partial charge in [-0.2, -0.15) is 0 Å². The molecule has 1 aliphatic heterocycles. The van der Waals surface area contributed by atoms with E-state index in [1.807, 2.05) is 45.0 Å². The summed E-state index contributed by atoms with van der Waals surface area (Å²) in [5.41, 5.74) is 0.184. The molecule has 1 aromatic rings. The van der Waals surface area contributed by atoms with Crippen molar-refractivity contribution in [3.05, 3.63) is 27.8 Å². The Labute approximate surface area is 144 Å². The molecule has 6 heteroatoms. The zero-order chi connectivity index (χ0) is 16.3. The molecule has 1 fully saturated rings. The van der Waals surface area contributed by atoms with Gasteiger partial charge in [-0.05, 0) is 74.4 Å². The summed E-state index contributed by atoms with van der Waals surface area (Å²) in [6, 6.07) is 7.11. The number of carbonyl (C=O) groups excluding carboxylic acids is 2. The van der Waals surface area contributed by atoms with Crippen LogP contribution >= 0.6 is 22.6 Å². The first-order valence-electron chi connectivity index (χ1n) is 7.32. The minimum Gasteiger partial charge on any atom is -0.444 e. The van der Waals surface area contributed by atoms with Crippen molar-refractivity contribution < 1.29 is 14.3 Å². The SMILES string of the molecule is CC(C)(C)OC(=O)N1CCCC1C(=O)Nc1cccc(I)c1. The van der Waals surface area contributed by atoms with E-state index < -0.39 is 17.7 Å². The summed E-state index contributed by atoms with van der Waals surface area (Å²) in [5, 5.41) is 2.88. The van der Waals surface area contributed by atoms with Crippen LogP contribution < -0.4 is 5.32 Å². The minimum absolute atomic E-state index is 0.162. The van der Waals surface area contributed by atoms with Gasteiger partial charge in [0, 0.05) is 15.8 Å². The summed E-state index contributed by atoms with van der Waals surface area (Å²) < 4.78 is 6.42. The number of halogens is 1. The number of likely N-dealkylation sites (tertiary alicyclic amines) is 1. The smallest absolute Gasteiger partial charge is 0.410 e. The van der Waals surface area contributed by atoms with Gasteiger partial charge in [0.15, 0.2) is 0 Å². The number of ether oxygens (including phenoxy) is 1. The highest BCUT2D eigenvalue weighted by atomic mass is 127. The quantitative estimate of drug-likeness (QED) is 0.750. The predicted molar refractivity (Wildman–Crippen MR) is 93.8 cm³/mol. The summed E-state index contributed by atoms with van der Waals surface area (Å²) in [7, 11) is 0. The molecule has 0 aliphatic carbocycles. The molecule has 0 aromatic heterocycles. The lowest BCUT2D eigenvalue weighted by molar-refractivity contribution is -0.120. The first-order chi connectivity index (χ1) is 10.3. The molecular formula is C16H21IN2O3. The number of hydrogen-bond acceptors (Lipinski definition) is 3. The molecule has 1 aliphatic rings. The lowest BCUT2D eigenvalue weighted by Gasteiger charge is -2.28. The highest BCUT2D eigenvalue weighted by Gasteiger charge is 2.36. The fraction of sp³-hybridized carbons (Fsp3) is 0.500. The molecular weight excluding hydrogens is 395 g/mol. The Morgan fingerprint density at radius 1 is 1.36 bits per heavy atom. The first kappa shape index (κ1) is 17.1. The van der Waals surface area contributed by atoms with E-state index in [1.165, 1.54) is 4.90 Å². The maximum absolute atomic E-state index is 12.4. The van der Waals surface area contributed by atoms with E-state index in [2.05, 4.69) is 27.9 Å². The van der Waals surface area contributed by atoms with E-state index in [4.69, 9.17) is 4.74 Å². The monoisotopic (exact) mass is 416 g/mol. The molecule has 1 N–H and O–H groups in total. The third-order valence-corrected chi connectivity index (χ3v) is 3.95. The van der Waals surface area contributed by atoms with Gasteiger partial charge in [-0.25, -0.2) is 4.79 Å². The average Bonchev–Trinajstić information content (AvgIpc) is 2.85. The van der Waals surface area contributed by atoms with Crippen LogP contribution in [0.25, 0.3) is 0 Å². The Bertz CT molecular complexity index is 569. The number of rotatable bonds is 2. The average molecular weight is 416 g/mol. The number of benzene rings is 1. The van der Waals surface area contributed by atoms with E-state index in [9.17, 15) is 9.59 Å². The van der Waals surface area contributed by atoms with Crippen molar-refractivity contribution in [1.82, 2.24) is 4.90 Å². The fourth-order valence-corrected chi connectivity index (χ4v) is 2.91. The highest BCUT2D eigenvalue weighted by Crippen LogP contribution is 2.22. The third kappa shape index (κ3) is 4.59. The van der Waals surface area contributed by atoms with Crippen LogP contribution in [0.2, 0.25) is 0 Å². The molecule has 1 unspecified atom stereocenters. The normalized spacial score (nSPS) is 18.2. The van der Waals surface area contributed by atoms with Crippen molar-refractivity contribution >= 4 is 40.3 Å². The van der Waals surface area contributed by atoms with E-state index in [-0.39, 0.29) is 5.91 Å². The highest BCUT2D eigenvalue weighted by molar-refractivity contribution is 14.1. The molecule has 0 radical (unpaired) electrons. The summed E-state index contributed by atoms with van der Waals surface area (Å²) in [5.74, 6) is -0.162. The molecule has 1 atom stereocenters. The summed E-state index contributed by atoms with van der Waals surface area (Å²) in [4.78, 5) is 26.2. The largest absolute Gasteiger partial charge is 0.444 e. The number of hydrogen-bond donors (Lipinski definition) is 1. The Balaban J connectivity index is 2.03. The topological polar surface area (TPSA) is 58.6 Å². The lowest BCUT2D eigenvalue weighted by Crippen LogP contribution is -2.45. The molecule has 2 rings (SSSR count). The van der Waals surface area contributed by atoms with Crippen LogP contribution in [0.4, 0.5) is 10.5 Å². The van der Waals surface area contributed by atoms with Gasteiger partial charge in [-0.3, -0.25) is 9.69 Å². The van der Waals surface area contributed by atoms with Crippen LogP contribution in [0.15, 0.2) is 24.3 Å². The maximum atomic E-state index is 12.4. The van der Waals surface area contributed by atoms with Gasteiger partial charge in [-0.1, -0.05) is 6.07 Å². The first-order valence-corrected chi connectivity index (χ1v) is 8.40. The van der Waals surface area contributed by atoms with Gasteiger partial charge < -0.3 is 10.1 Å². The second kappa shape index (κ2) is 6.85. The number of nitrogens with zero attached hydrogens (tertiary/aromatic N) is 1. The molecule has 120 valence electrons. The third-order valence-electron chi connectivity index (χ3n) is 3.28. The van der Waals surface area contributed by atoms with Gasteiger partial charge in [0.1, 0.15) is 11.6 Å². The van der Waals surface area contributed by atoms with Crippen LogP contribution in [0.3, 0.4) is 0 Å². The summed E-state index contributed by atoms with van der Waals surface area (Å²) >= 11 is 2.19. The van der Waals surface area contributed by atoms with Crippen LogP contribution in [0, 0.1) is 3.57 Å². The summed E-state index contributed by atoms with van der Waals surface area (Å²) in [6.45, 7) is 6.02. The second-order valence-electron chi connectivity index (χ2n) is 6.33. The van der Waals surface area contributed by atoms with Gasteiger partial charge in [0.25, 0.3) is 0 Å². The van der Waals surface area contributed by atoms with E-state index in [1.54, 1.807) is 0 Å². The Hall–Kier alpha value is -1.31. The number of anilines is 1. The van der Waals surface area contributed by atoms with Crippen LogP contribution in [-0.2, 0) is 9.53 Å². The van der Waals surface area contributed by atoms with Crippen molar-refractivity contribution in [2.75, 3.05) is 11.9 Å². The minimum atomic E-state index is -0.559. The predicted octanol–water partition coefficient (Wildman–Crippen LogP) is 3.63. The lowest BCUT2D eigenvalue weighted by atomic mass is 10.2. The van der Waals surface area contributed by atoms with Crippen LogP contribution in [0.1, 0.15) is 33.6 Å². The standard InChI is InChI=1S/C16H21IN2O3/c1-16(2,3)22-15(21)19-9-5-8-13(19)14(20)18-12-7-4-6-11(17)10-12/h4,6-7,10,13H,5,8-9H2,1-3H3,(H,18,20). The van der Waals surface area contributed by atoms with Gasteiger partial charge in [0.05, 0.1) is 0 Å². The van der Waals surface area contributed by atoms with E-state index in [0.717, 1.165) is 15.7 Å². The van der Waals surface area contributed by atoms with Gasteiger partial charge in [0.2, 0.25) is 5.91 Å². The summed E-state index contributed by atoms with van der Waals surface area (Å²) in [6.07, 6.45) is 1.05. The molecule has 0 bridgehead atoms. The fourth-order valence-electron chi connectivity index (χ4n) is 2.37. The zero-order valence-electron chi connectivity index (χ0n) is 13.1. The Morgan fingerprint density at radius 3 is 2.73 bits per heavy atom. The van der Waals surface area contributed by atoms with E-state index in [0.29, 0.717) is 13.0 Å². The van der Waals surface area contributed by atoms with Crippen LogP contribution in [-0.4, -0.2) is 35.1 Å². The number of amides is 2. The second-order valence-corrected chi connectivity index (χ2v) is 7.58. The molecule has 2 amide bonds. The molecule has 1 aromatic carbocycles. The molecule has 1 saturated heterocycles. The number of nitrogens with one attached hydrogen (secondary N) is 1. The molecule has 0 spiro atoms. The molecule has 1 heterocycles.